The number of hydrogen-bond donors (Lipinski definition) is 2. The molecule has 0 radical (unpaired) electrons. The van der Waals surface area contributed by atoms with Crippen LogP contribution in [0.2, 0.25) is 0 Å². The highest BCUT2D eigenvalue weighted by atomic mass is 32.1. The third kappa shape index (κ3) is 7.18. The predicted octanol–water partition coefficient (Wildman–Crippen LogP) is 11.9. The van der Waals surface area contributed by atoms with Crippen LogP contribution in [-0.2, 0) is 0 Å². The zero-order valence-electron chi connectivity index (χ0n) is 36.1. The van der Waals surface area contributed by atoms with E-state index in [0.717, 1.165) is 75.6 Å². The van der Waals surface area contributed by atoms with E-state index >= 15 is 0 Å². The van der Waals surface area contributed by atoms with Crippen LogP contribution in [0, 0.1) is 10.8 Å². The molecule has 1 aromatic heterocycles. The molecule has 0 fully saturated rings. The number of hydrogen-bond acceptors (Lipinski definition) is 9. The Kier molecular flexibility index (Phi) is 9.87. The molecule has 0 spiro atoms. The zero-order valence-corrected chi connectivity index (χ0v) is 36.9. The number of nitrogens with one attached hydrogen (secondary N) is 2. The van der Waals surface area contributed by atoms with E-state index in [2.05, 4.69) is 120 Å². The molecule has 9 heteroatoms. The molecule has 63 heavy (non-hydrogen) atoms. The summed E-state index contributed by atoms with van der Waals surface area (Å²) in [7, 11) is 0. The third-order valence-corrected chi connectivity index (χ3v) is 12.4. The Labute approximate surface area is 370 Å². The fourth-order valence-corrected chi connectivity index (χ4v) is 9.69. The van der Waals surface area contributed by atoms with Crippen molar-refractivity contribution in [3.63, 3.8) is 0 Å². The fourth-order valence-electron chi connectivity index (χ4n) is 8.72. The summed E-state index contributed by atoms with van der Waals surface area (Å²) in [6.07, 6.45) is 9.91. The summed E-state index contributed by atoms with van der Waals surface area (Å²) >= 11 is 1.69. The Morgan fingerprint density at radius 1 is 0.651 bits per heavy atom. The van der Waals surface area contributed by atoms with E-state index in [0.29, 0.717) is 33.9 Å². The molecule has 0 atom stereocenters. The van der Waals surface area contributed by atoms with E-state index in [1.54, 1.807) is 11.3 Å². The summed E-state index contributed by atoms with van der Waals surface area (Å²) in [5, 5.41) is 26.7. The average molecular weight is 839 g/mol. The highest BCUT2D eigenvalue weighted by Crippen LogP contribution is 2.39. The molecule has 0 saturated carbocycles. The van der Waals surface area contributed by atoms with Crippen molar-refractivity contribution in [3.8, 4) is 21.7 Å². The van der Waals surface area contributed by atoms with E-state index in [-0.39, 0.29) is 17.8 Å². The van der Waals surface area contributed by atoms with E-state index in [4.69, 9.17) is 25.0 Å². The number of anilines is 1. The molecule has 3 aliphatic rings. The minimum Gasteiger partial charge on any atom is -0.304 e. The van der Waals surface area contributed by atoms with Gasteiger partial charge >= 0.3 is 0 Å². The number of benzene rings is 6. The summed E-state index contributed by atoms with van der Waals surface area (Å²) in [4.78, 5) is 27.6. The van der Waals surface area contributed by atoms with Crippen molar-refractivity contribution in [1.82, 2.24) is 4.98 Å². The van der Waals surface area contributed by atoms with Crippen molar-refractivity contribution in [3.05, 3.63) is 173 Å². The lowest BCUT2D eigenvalue weighted by Crippen LogP contribution is -2.42. The minimum absolute atomic E-state index is 0.0156. The van der Waals surface area contributed by atoms with E-state index < -0.39 is 5.66 Å². The first-order valence-electron chi connectivity index (χ1n) is 21.4. The SMILES string of the molecule is CC(C)N=C1C=CC=C(N(C2=CC=C(c3c4ccccc4cc4ccccc34)C(=N)C2=NC(C)C)c2ccc(-c3ccc(-c4nc5ccccc5s4)cc3)c3c2=NC(C)(C)N=3)C1=N. The van der Waals surface area contributed by atoms with Crippen LogP contribution in [0.4, 0.5) is 5.69 Å². The Bertz CT molecular complexity index is 3320. The molecule has 2 N–H and O–H groups in total. The van der Waals surface area contributed by atoms with Crippen LogP contribution in [0.3, 0.4) is 0 Å². The quantitative estimate of drug-likeness (QED) is 0.117. The molecular formula is C54H46N8S. The molecule has 308 valence electrons. The summed E-state index contributed by atoms with van der Waals surface area (Å²) in [5.41, 5.74) is 8.80. The monoisotopic (exact) mass is 838 g/mol. The smallest absolute Gasteiger partial charge is 0.146 e. The van der Waals surface area contributed by atoms with Crippen molar-refractivity contribution in [2.75, 3.05) is 4.90 Å². The zero-order chi connectivity index (χ0) is 43.6. The maximum atomic E-state index is 10.1. The molecule has 0 unspecified atom stereocenters. The van der Waals surface area contributed by atoms with Crippen LogP contribution >= 0.6 is 11.3 Å². The summed E-state index contributed by atoms with van der Waals surface area (Å²) < 4.78 is 1.16. The molecule has 0 saturated heterocycles. The number of nitrogens with zero attached hydrogens (tertiary/aromatic N) is 6. The fraction of sp³-hybridized carbons (Fsp3) is 0.167. The Morgan fingerprint density at radius 2 is 1.30 bits per heavy atom. The van der Waals surface area contributed by atoms with Gasteiger partial charge in [0.1, 0.15) is 27.5 Å². The topological polar surface area (TPSA) is 113 Å². The first kappa shape index (κ1) is 39.9. The van der Waals surface area contributed by atoms with Crippen molar-refractivity contribution in [2.24, 2.45) is 20.0 Å². The predicted molar refractivity (Wildman–Crippen MR) is 265 cm³/mol. The van der Waals surface area contributed by atoms with Crippen molar-refractivity contribution >= 4 is 77.2 Å². The first-order chi connectivity index (χ1) is 30.4. The summed E-state index contributed by atoms with van der Waals surface area (Å²) in [6.45, 7) is 12.2. The Balaban J connectivity index is 1.18. The Hall–Kier alpha value is -7.23. The highest BCUT2D eigenvalue weighted by Gasteiger charge is 2.34. The normalized spacial score (nSPS) is 17.1. The average Bonchev–Trinajstić information content (AvgIpc) is 3.85. The van der Waals surface area contributed by atoms with Crippen LogP contribution in [0.25, 0.3) is 59.0 Å². The molecular weight excluding hydrogens is 793 g/mol. The third-order valence-electron chi connectivity index (χ3n) is 11.4. The number of aliphatic imine (C=N–C) groups is 2. The van der Waals surface area contributed by atoms with E-state index in [1.807, 2.05) is 71.9 Å². The second kappa shape index (κ2) is 15.6. The summed E-state index contributed by atoms with van der Waals surface area (Å²) in [6, 6.07) is 39.8. The molecule has 8 nitrogen and oxygen atoms in total. The second-order valence-corrected chi connectivity index (χ2v) is 18.1. The number of thiazole rings is 1. The molecule has 6 aromatic carbocycles. The van der Waals surface area contributed by atoms with Gasteiger partial charge in [-0.25, -0.2) is 4.98 Å². The second-order valence-electron chi connectivity index (χ2n) is 17.1. The standard InChI is InChI=1S/C54H46N8S/c1-31(2)57-42-19-13-20-43(49(42)56)62(44-29-27-40(48(55)51(44)58-32(3)4)47-37-16-9-7-14-35(37)30-36-15-8-10-17-38(36)47)45-28-26-39(50-52(45)61-54(5,6)60-50)33-22-24-34(25-23-33)53-59-41-18-11-12-21-46(41)63-53/h7-32,55-56H,1-6H3. The molecule has 0 bridgehead atoms. The van der Waals surface area contributed by atoms with Gasteiger partial charge in [-0.3, -0.25) is 30.8 Å². The number of rotatable bonds is 8. The number of aromatic nitrogens is 1. The molecule has 7 aromatic rings. The van der Waals surface area contributed by atoms with Crippen molar-refractivity contribution < 1.29 is 0 Å². The van der Waals surface area contributed by atoms with E-state index in [9.17, 15) is 10.8 Å². The van der Waals surface area contributed by atoms with Gasteiger partial charge in [0.15, 0.2) is 0 Å². The van der Waals surface area contributed by atoms with E-state index in [1.165, 1.54) is 0 Å². The van der Waals surface area contributed by atoms with Gasteiger partial charge in [-0.1, -0.05) is 91.0 Å². The van der Waals surface area contributed by atoms with Crippen LogP contribution in [0.1, 0.15) is 47.1 Å². The van der Waals surface area contributed by atoms with Gasteiger partial charge in [-0.15, -0.1) is 11.3 Å². The van der Waals surface area contributed by atoms with Gasteiger partial charge in [0.2, 0.25) is 0 Å². The van der Waals surface area contributed by atoms with Crippen LogP contribution in [0.5, 0.6) is 0 Å². The van der Waals surface area contributed by atoms with Gasteiger partial charge in [0.25, 0.3) is 0 Å². The van der Waals surface area contributed by atoms with Gasteiger partial charge < -0.3 is 4.90 Å². The highest BCUT2D eigenvalue weighted by molar-refractivity contribution is 7.21. The van der Waals surface area contributed by atoms with Crippen LogP contribution < -0.4 is 15.6 Å². The first-order valence-corrected chi connectivity index (χ1v) is 22.2. The number of allylic oxidation sites excluding steroid dienone is 8. The molecule has 10 rings (SSSR count). The van der Waals surface area contributed by atoms with Crippen molar-refractivity contribution in [2.45, 2.75) is 59.3 Å². The van der Waals surface area contributed by atoms with Gasteiger partial charge in [0, 0.05) is 28.8 Å². The minimum atomic E-state index is -0.747. The van der Waals surface area contributed by atoms with Crippen molar-refractivity contribution in [1.29, 1.82) is 10.8 Å². The molecule has 1 aliphatic heterocycles. The molecule has 0 amide bonds. The molecule has 2 heterocycles. The van der Waals surface area contributed by atoms with Crippen LogP contribution in [0.15, 0.2) is 177 Å². The Morgan fingerprint density at radius 3 is 2.00 bits per heavy atom. The lowest BCUT2D eigenvalue weighted by molar-refractivity contribution is 0.549. The lowest BCUT2D eigenvalue weighted by atomic mass is 9.85. The summed E-state index contributed by atoms with van der Waals surface area (Å²) in [5.74, 6) is 0. The van der Waals surface area contributed by atoms with Gasteiger partial charge in [0.05, 0.1) is 44.1 Å². The van der Waals surface area contributed by atoms with Crippen LogP contribution in [-0.4, -0.2) is 45.6 Å². The maximum absolute atomic E-state index is 10.1. The maximum Gasteiger partial charge on any atom is 0.146 e. The number of fused-ring (bicyclic) bond motifs is 4. The van der Waals surface area contributed by atoms with Gasteiger partial charge in [-0.05, 0) is 129 Å². The largest absolute Gasteiger partial charge is 0.304 e. The number of para-hydroxylation sites is 1. The molecule has 2 aliphatic carbocycles. The lowest BCUT2D eigenvalue weighted by Gasteiger charge is -2.34. The van der Waals surface area contributed by atoms with Gasteiger partial charge in [-0.2, -0.15) is 0 Å².